The van der Waals surface area contributed by atoms with Crippen molar-refractivity contribution in [3.63, 3.8) is 0 Å². The van der Waals surface area contributed by atoms with E-state index in [4.69, 9.17) is 9.15 Å². The summed E-state index contributed by atoms with van der Waals surface area (Å²) in [6.07, 6.45) is -0.503. The molecule has 5 nitrogen and oxygen atoms in total. The lowest BCUT2D eigenvalue weighted by molar-refractivity contribution is 0.0508. The second-order valence-electron chi connectivity index (χ2n) is 7.38. The zero-order chi connectivity index (χ0) is 19.6. The first kappa shape index (κ1) is 20.4. The molecule has 2 aromatic rings. The summed E-state index contributed by atoms with van der Waals surface area (Å²) in [5.74, 6) is 0.808. The highest BCUT2D eigenvalue weighted by Crippen LogP contribution is 2.30. The van der Waals surface area contributed by atoms with Gasteiger partial charge in [-0.3, -0.25) is 4.79 Å². The molecule has 1 N–H and O–H groups in total. The predicted molar refractivity (Wildman–Crippen MR) is 106 cm³/mol. The minimum atomic E-state index is -0.576. The molecule has 6 heteroatoms. The molecule has 0 radical (unpaired) electrons. The summed E-state index contributed by atoms with van der Waals surface area (Å²) in [7, 11) is 0. The van der Waals surface area contributed by atoms with Crippen LogP contribution in [-0.4, -0.2) is 17.4 Å². The van der Waals surface area contributed by atoms with Crippen LogP contribution < -0.4 is 10.7 Å². The normalized spacial score (nSPS) is 12.9. The predicted octanol–water partition coefficient (Wildman–Crippen LogP) is 5.11. The van der Waals surface area contributed by atoms with Crippen LogP contribution in [0.4, 0.5) is 4.79 Å². The number of carbonyl (C=O) groups is 1. The van der Waals surface area contributed by atoms with Crippen LogP contribution in [0.1, 0.15) is 57.4 Å². The zero-order valence-corrected chi connectivity index (χ0v) is 17.3. The largest absolute Gasteiger partial charge is 0.449 e. The molecule has 0 unspecified atom stereocenters. The van der Waals surface area contributed by atoms with Crippen LogP contribution in [0.5, 0.6) is 0 Å². The van der Waals surface area contributed by atoms with E-state index >= 15 is 0 Å². The molecule has 142 valence electrons. The molecule has 1 amide bonds. The van der Waals surface area contributed by atoms with Gasteiger partial charge in [0.2, 0.25) is 0 Å². The molecule has 1 aromatic carbocycles. The van der Waals surface area contributed by atoms with Gasteiger partial charge in [-0.2, -0.15) is 0 Å². The van der Waals surface area contributed by atoms with Crippen LogP contribution in [0.3, 0.4) is 0 Å². The number of amides is 1. The molecule has 0 fully saturated rings. The fraction of sp³-hybridized carbons (Fsp3) is 0.500. The van der Waals surface area contributed by atoms with Crippen molar-refractivity contribution in [3.05, 3.63) is 39.0 Å². The first-order chi connectivity index (χ1) is 12.0. The maximum Gasteiger partial charge on any atom is 0.408 e. The van der Waals surface area contributed by atoms with Gasteiger partial charge in [0.25, 0.3) is 0 Å². The number of ether oxygens (including phenoxy) is 1. The van der Waals surface area contributed by atoms with Gasteiger partial charge in [0, 0.05) is 11.1 Å². The lowest BCUT2D eigenvalue weighted by atomic mass is 10.0. The lowest BCUT2D eigenvalue weighted by Gasteiger charge is -2.22. The summed E-state index contributed by atoms with van der Waals surface area (Å²) >= 11 is 1.50. The minimum absolute atomic E-state index is 0.0309. The Morgan fingerprint density at radius 1 is 1.31 bits per heavy atom. The van der Waals surface area contributed by atoms with E-state index in [1.54, 1.807) is 6.92 Å². The molecule has 0 aliphatic carbocycles. The summed E-state index contributed by atoms with van der Waals surface area (Å²) in [5, 5.41) is 3.99. The van der Waals surface area contributed by atoms with E-state index in [0.717, 1.165) is 16.9 Å². The van der Waals surface area contributed by atoms with Crippen molar-refractivity contribution in [2.75, 3.05) is 5.75 Å². The Bertz CT molecular complexity index is 880. The van der Waals surface area contributed by atoms with E-state index in [1.807, 2.05) is 53.7 Å². The van der Waals surface area contributed by atoms with Crippen LogP contribution >= 0.6 is 11.8 Å². The number of alkyl carbamates (subject to hydrolysis) is 1. The van der Waals surface area contributed by atoms with E-state index in [9.17, 15) is 9.59 Å². The van der Waals surface area contributed by atoms with Gasteiger partial charge in [-0.05, 0) is 58.9 Å². The third-order valence-corrected chi connectivity index (χ3v) is 4.76. The van der Waals surface area contributed by atoms with Gasteiger partial charge in [-0.1, -0.05) is 24.8 Å². The first-order valence-corrected chi connectivity index (χ1v) is 9.72. The highest BCUT2D eigenvalue weighted by atomic mass is 32.2. The van der Waals surface area contributed by atoms with Crippen molar-refractivity contribution in [2.45, 2.75) is 65.2 Å². The molecule has 1 atom stereocenters. The molecular formula is C20H27NO4S. The molecule has 0 bridgehead atoms. The lowest BCUT2D eigenvalue weighted by Crippen LogP contribution is -2.34. The van der Waals surface area contributed by atoms with Crippen molar-refractivity contribution < 1.29 is 13.9 Å². The Labute approximate surface area is 158 Å². The Morgan fingerprint density at radius 2 is 1.96 bits per heavy atom. The van der Waals surface area contributed by atoms with Crippen molar-refractivity contribution in [1.29, 1.82) is 0 Å². The summed E-state index contributed by atoms with van der Waals surface area (Å²) in [6, 6.07) is 3.40. The monoisotopic (exact) mass is 377 g/mol. The molecule has 0 spiro atoms. The van der Waals surface area contributed by atoms with Gasteiger partial charge in [-0.15, -0.1) is 0 Å². The van der Waals surface area contributed by atoms with Crippen LogP contribution in [0.15, 0.2) is 26.4 Å². The van der Waals surface area contributed by atoms with Crippen LogP contribution in [-0.2, 0) is 4.74 Å². The fourth-order valence-corrected chi connectivity index (χ4v) is 3.41. The number of hydrogen-bond acceptors (Lipinski definition) is 5. The maximum absolute atomic E-state index is 12.8. The Kier molecular flexibility index (Phi) is 6.06. The van der Waals surface area contributed by atoms with Crippen LogP contribution in [0.2, 0.25) is 0 Å². The Hall–Kier alpha value is -1.95. The number of fused-ring (bicyclic) bond motifs is 1. The molecule has 0 saturated heterocycles. The fourth-order valence-electron chi connectivity index (χ4n) is 2.70. The quantitative estimate of drug-likeness (QED) is 0.750. The van der Waals surface area contributed by atoms with Crippen molar-refractivity contribution in [1.82, 2.24) is 5.32 Å². The van der Waals surface area contributed by atoms with E-state index in [-0.39, 0.29) is 11.5 Å². The van der Waals surface area contributed by atoms with Crippen molar-refractivity contribution >= 4 is 28.8 Å². The van der Waals surface area contributed by atoms with Crippen molar-refractivity contribution in [2.24, 2.45) is 0 Å². The number of hydrogen-bond donors (Lipinski definition) is 1. The minimum Gasteiger partial charge on any atom is -0.449 e. The molecular weight excluding hydrogens is 350 g/mol. The van der Waals surface area contributed by atoms with Gasteiger partial charge >= 0.3 is 6.09 Å². The highest BCUT2D eigenvalue weighted by molar-refractivity contribution is 7.99. The molecule has 1 heterocycles. The molecule has 0 aliphatic heterocycles. The van der Waals surface area contributed by atoms with Gasteiger partial charge < -0.3 is 14.5 Å². The average Bonchev–Trinajstić information content (AvgIpc) is 2.50. The zero-order valence-electron chi connectivity index (χ0n) is 16.5. The van der Waals surface area contributed by atoms with E-state index in [0.29, 0.717) is 21.6 Å². The smallest absolute Gasteiger partial charge is 0.408 e. The second kappa shape index (κ2) is 7.74. The third kappa shape index (κ3) is 4.61. The summed E-state index contributed by atoms with van der Waals surface area (Å²) in [5.41, 5.74) is 2.23. The number of carbonyl (C=O) groups excluding carboxylic acids is 1. The Balaban J connectivity index is 2.52. The van der Waals surface area contributed by atoms with Gasteiger partial charge in [0.1, 0.15) is 11.2 Å². The molecule has 26 heavy (non-hydrogen) atoms. The summed E-state index contributed by atoms with van der Waals surface area (Å²) < 4.78 is 11.4. The number of benzene rings is 1. The highest BCUT2D eigenvalue weighted by Gasteiger charge is 2.22. The van der Waals surface area contributed by atoms with Crippen LogP contribution in [0, 0.1) is 13.8 Å². The maximum atomic E-state index is 12.8. The van der Waals surface area contributed by atoms with E-state index < -0.39 is 11.7 Å². The van der Waals surface area contributed by atoms with Gasteiger partial charge in [0.15, 0.2) is 10.5 Å². The van der Waals surface area contributed by atoms with Crippen molar-refractivity contribution in [3.8, 4) is 0 Å². The average molecular weight is 378 g/mol. The van der Waals surface area contributed by atoms with Gasteiger partial charge in [0.05, 0.1) is 11.4 Å². The first-order valence-electron chi connectivity index (χ1n) is 8.73. The van der Waals surface area contributed by atoms with Crippen LogP contribution in [0.25, 0.3) is 11.0 Å². The van der Waals surface area contributed by atoms with E-state index in [2.05, 4.69) is 5.32 Å². The number of rotatable bonds is 4. The second-order valence-corrected chi connectivity index (χ2v) is 8.61. The standard InChI is InChI=1S/C20H27NO4S/c1-8-26-18-12(3)16(22)15-10-11(2)9-14(17(15)24-18)13(4)21-19(23)25-20(5,6)7/h9-10,13H,8H2,1-7H3,(H,21,23)/t13-/m1/s1. The Morgan fingerprint density at radius 3 is 2.54 bits per heavy atom. The summed E-state index contributed by atoms with van der Waals surface area (Å²) in [4.78, 5) is 24.9. The number of thioether (sulfide) groups is 1. The molecule has 2 rings (SSSR count). The summed E-state index contributed by atoms with van der Waals surface area (Å²) in [6.45, 7) is 13.0. The molecule has 0 saturated carbocycles. The van der Waals surface area contributed by atoms with Gasteiger partial charge in [-0.25, -0.2) is 4.79 Å². The number of nitrogens with one attached hydrogen (secondary N) is 1. The topological polar surface area (TPSA) is 68.5 Å². The number of aryl methyl sites for hydroxylation is 1. The van der Waals surface area contributed by atoms with E-state index in [1.165, 1.54) is 11.8 Å². The molecule has 0 aliphatic rings. The SMILES string of the molecule is CCSc1oc2c([C@@H](C)NC(=O)OC(C)(C)C)cc(C)cc2c(=O)c1C. The molecule has 1 aromatic heterocycles. The third-order valence-electron chi connectivity index (χ3n) is 3.82.